The molecule has 8 heteroatoms. The number of aliphatic carboxylic acids is 1. The smallest absolute Gasteiger partial charge is 0.240 e. The number of halogens is 1. The Morgan fingerprint density at radius 2 is 1.90 bits per heavy atom. The van der Waals surface area contributed by atoms with E-state index in [0.29, 0.717) is 25.8 Å². The minimum Gasteiger partial charge on any atom is -0.550 e. The van der Waals surface area contributed by atoms with E-state index in [1.54, 1.807) is 0 Å². The molecule has 0 saturated carbocycles. The van der Waals surface area contributed by atoms with Crippen molar-refractivity contribution in [3.63, 3.8) is 0 Å². The summed E-state index contributed by atoms with van der Waals surface area (Å²) in [4.78, 5) is 11.0. The van der Waals surface area contributed by atoms with E-state index >= 15 is 0 Å². The van der Waals surface area contributed by atoms with Crippen LogP contribution >= 0.6 is 0 Å². The van der Waals surface area contributed by atoms with Gasteiger partial charge in [0.05, 0.1) is 4.90 Å². The summed E-state index contributed by atoms with van der Waals surface area (Å²) in [6.45, 7) is 0.324. The first kappa shape index (κ1) is 19.6. The molecule has 0 amide bonds. The van der Waals surface area contributed by atoms with E-state index in [2.05, 4.69) is 4.72 Å². The highest BCUT2D eigenvalue weighted by Crippen LogP contribution is 2.33. The Bertz CT molecular complexity index is 1170. The number of aryl methyl sites for hydroxylation is 1. The zero-order valence-corrected chi connectivity index (χ0v) is 16.4. The minimum absolute atomic E-state index is 0.0288. The predicted octanol–water partition coefficient (Wildman–Crippen LogP) is 1.76. The van der Waals surface area contributed by atoms with Gasteiger partial charge in [-0.1, -0.05) is 18.2 Å². The van der Waals surface area contributed by atoms with Crippen LogP contribution in [0.3, 0.4) is 0 Å². The van der Waals surface area contributed by atoms with Crippen molar-refractivity contribution in [2.75, 3.05) is 0 Å². The molecule has 1 aromatic heterocycles. The van der Waals surface area contributed by atoms with Gasteiger partial charge in [0.1, 0.15) is 5.82 Å². The van der Waals surface area contributed by atoms with Crippen LogP contribution in [0.5, 0.6) is 0 Å². The minimum atomic E-state index is -3.76. The van der Waals surface area contributed by atoms with Crippen molar-refractivity contribution in [1.82, 2.24) is 9.29 Å². The normalized spacial score (nSPS) is 16.7. The number of carbonyl (C=O) groups excluding carboxylic acids is 1. The van der Waals surface area contributed by atoms with E-state index < -0.39 is 21.8 Å². The second kappa shape index (κ2) is 7.61. The lowest BCUT2D eigenvalue weighted by Gasteiger charge is -2.25. The van der Waals surface area contributed by atoms with Crippen molar-refractivity contribution in [3.05, 3.63) is 65.6 Å². The molecule has 0 bridgehead atoms. The van der Waals surface area contributed by atoms with Gasteiger partial charge in [-0.25, -0.2) is 17.5 Å². The first-order chi connectivity index (χ1) is 13.8. The standard InChI is InChI=1S/C21H21FN2O4S/c22-14-5-8-16(9-6-14)29(27,28)23-15-7-10-20-18(13-15)17-3-1-2-4-19(17)24(20)12-11-21(25)26/h1-6,8-9,15,23H,7,10-13H2,(H,25,26)/p-1/t15-/m0/s1. The molecule has 1 heterocycles. The molecule has 0 spiro atoms. The van der Waals surface area contributed by atoms with E-state index in [1.807, 2.05) is 28.8 Å². The number of hydrogen-bond donors (Lipinski definition) is 1. The van der Waals surface area contributed by atoms with Crippen LogP contribution in [0.15, 0.2) is 53.4 Å². The topological polar surface area (TPSA) is 91.2 Å². The van der Waals surface area contributed by atoms with E-state index in [-0.39, 0.29) is 17.4 Å². The van der Waals surface area contributed by atoms with Crippen LogP contribution in [0.1, 0.15) is 24.1 Å². The highest BCUT2D eigenvalue weighted by Gasteiger charge is 2.28. The van der Waals surface area contributed by atoms with Gasteiger partial charge in [0.15, 0.2) is 0 Å². The largest absolute Gasteiger partial charge is 0.550 e. The molecule has 0 fully saturated rings. The van der Waals surface area contributed by atoms with Crippen LogP contribution in [-0.4, -0.2) is 25.0 Å². The molecule has 1 atom stereocenters. The lowest BCUT2D eigenvalue weighted by Crippen LogP contribution is -2.39. The van der Waals surface area contributed by atoms with Gasteiger partial charge in [0.25, 0.3) is 0 Å². The average molecular weight is 415 g/mol. The summed E-state index contributed by atoms with van der Waals surface area (Å²) in [7, 11) is -3.76. The Kier molecular flexibility index (Phi) is 5.14. The first-order valence-electron chi connectivity index (χ1n) is 9.42. The van der Waals surface area contributed by atoms with Crippen molar-refractivity contribution in [3.8, 4) is 0 Å². The molecule has 1 aliphatic carbocycles. The van der Waals surface area contributed by atoms with Crippen molar-refractivity contribution < 1.29 is 22.7 Å². The number of sulfonamides is 1. The number of nitrogens with zero attached hydrogens (tertiary/aromatic N) is 1. The summed E-state index contributed by atoms with van der Waals surface area (Å²) < 4.78 is 43.2. The highest BCUT2D eigenvalue weighted by molar-refractivity contribution is 7.89. The number of carboxylic acid groups (broad SMARTS) is 1. The summed E-state index contributed by atoms with van der Waals surface area (Å²) in [6, 6.07) is 12.2. The molecule has 6 nitrogen and oxygen atoms in total. The number of hydrogen-bond acceptors (Lipinski definition) is 4. The Morgan fingerprint density at radius 3 is 2.62 bits per heavy atom. The number of rotatable bonds is 6. The van der Waals surface area contributed by atoms with Gasteiger partial charge in [0.2, 0.25) is 10.0 Å². The molecular formula is C21H20FN2O4S-. The second-order valence-corrected chi connectivity index (χ2v) is 8.94. The summed E-state index contributed by atoms with van der Waals surface area (Å²) in [5, 5.41) is 11.9. The maximum Gasteiger partial charge on any atom is 0.240 e. The van der Waals surface area contributed by atoms with Crippen molar-refractivity contribution in [2.24, 2.45) is 0 Å². The van der Waals surface area contributed by atoms with Crippen molar-refractivity contribution in [1.29, 1.82) is 0 Å². The SMILES string of the molecule is O=C([O-])CCn1c2c(c3ccccc31)C[C@@H](NS(=O)(=O)c1ccc(F)cc1)CC2. The molecule has 0 radical (unpaired) electrons. The van der Waals surface area contributed by atoms with Crippen molar-refractivity contribution in [2.45, 2.75) is 43.2 Å². The number of para-hydroxylation sites is 1. The molecule has 29 heavy (non-hydrogen) atoms. The number of fused-ring (bicyclic) bond motifs is 3. The fourth-order valence-corrected chi connectivity index (χ4v) is 5.33. The third-order valence-electron chi connectivity index (χ3n) is 5.36. The van der Waals surface area contributed by atoms with Crippen LogP contribution in [-0.2, 0) is 34.2 Å². The van der Waals surface area contributed by atoms with E-state index in [0.717, 1.165) is 34.3 Å². The molecule has 0 saturated heterocycles. The quantitative estimate of drug-likeness (QED) is 0.664. The molecule has 1 aliphatic rings. The molecule has 2 aromatic carbocycles. The molecule has 152 valence electrons. The fraction of sp³-hybridized carbons (Fsp3) is 0.286. The molecule has 1 N–H and O–H groups in total. The zero-order chi connectivity index (χ0) is 20.6. The Hall–Kier alpha value is -2.71. The van der Waals surface area contributed by atoms with Gasteiger partial charge < -0.3 is 14.5 Å². The van der Waals surface area contributed by atoms with Crippen LogP contribution < -0.4 is 9.83 Å². The number of benzene rings is 2. The van der Waals surface area contributed by atoms with E-state index in [9.17, 15) is 22.7 Å². The first-order valence-corrected chi connectivity index (χ1v) is 10.9. The number of carboxylic acids is 1. The lowest BCUT2D eigenvalue weighted by atomic mass is 9.92. The highest BCUT2D eigenvalue weighted by atomic mass is 32.2. The molecular weight excluding hydrogens is 395 g/mol. The van der Waals surface area contributed by atoms with Crippen LogP contribution in [0.25, 0.3) is 10.9 Å². The maximum atomic E-state index is 13.1. The van der Waals surface area contributed by atoms with Crippen molar-refractivity contribution >= 4 is 26.9 Å². The van der Waals surface area contributed by atoms with E-state index in [1.165, 1.54) is 12.1 Å². The summed E-state index contributed by atoms with van der Waals surface area (Å²) in [5.74, 6) is -1.59. The second-order valence-electron chi connectivity index (χ2n) is 7.23. The summed E-state index contributed by atoms with van der Waals surface area (Å²) in [5.41, 5.74) is 3.03. The third-order valence-corrected chi connectivity index (χ3v) is 6.90. The van der Waals surface area contributed by atoms with Gasteiger partial charge in [-0.3, -0.25) is 0 Å². The van der Waals surface area contributed by atoms with Gasteiger partial charge in [0, 0.05) is 41.6 Å². The fourth-order valence-electron chi connectivity index (χ4n) is 4.06. The molecule has 0 unspecified atom stereocenters. The lowest BCUT2D eigenvalue weighted by molar-refractivity contribution is -0.305. The number of aromatic nitrogens is 1. The Labute approximate surface area is 168 Å². The van der Waals surface area contributed by atoms with Crippen LogP contribution in [0, 0.1) is 5.82 Å². The average Bonchev–Trinajstić information content (AvgIpc) is 2.99. The van der Waals surface area contributed by atoms with Gasteiger partial charge >= 0.3 is 0 Å². The number of nitrogens with one attached hydrogen (secondary N) is 1. The summed E-state index contributed by atoms with van der Waals surface area (Å²) in [6.07, 6.45) is 1.66. The summed E-state index contributed by atoms with van der Waals surface area (Å²) >= 11 is 0. The zero-order valence-electron chi connectivity index (χ0n) is 15.6. The maximum absolute atomic E-state index is 13.1. The van der Waals surface area contributed by atoms with Gasteiger partial charge in [-0.2, -0.15) is 0 Å². The van der Waals surface area contributed by atoms with E-state index in [4.69, 9.17) is 0 Å². The monoisotopic (exact) mass is 415 g/mol. The molecule has 4 rings (SSSR count). The predicted molar refractivity (Wildman–Crippen MR) is 104 cm³/mol. The Morgan fingerprint density at radius 1 is 1.17 bits per heavy atom. The number of carbonyl (C=O) groups is 1. The van der Waals surface area contributed by atoms with Gasteiger partial charge in [-0.15, -0.1) is 0 Å². The van der Waals surface area contributed by atoms with Crippen LogP contribution in [0.2, 0.25) is 0 Å². The Balaban J connectivity index is 1.62. The van der Waals surface area contributed by atoms with Gasteiger partial charge in [-0.05, 0) is 55.2 Å². The third kappa shape index (κ3) is 3.90. The van der Waals surface area contributed by atoms with Crippen LogP contribution in [0.4, 0.5) is 4.39 Å². The molecule has 0 aliphatic heterocycles. The molecule has 3 aromatic rings.